The summed E-state index contributed by atoms with van der Waals surface area (Å²) in [7, 11) is 0. The molecule has 0 unspecified atom stereocenters. The number of benzene rings is 2. The van der Waals surface area contributed by atoms with Gasteiger partial charge in [-0.15, -0.1) is 0 Å². The molecule has 8 heteroatoms. The molecule has 0 bridgehead atoms. The van der Waals surface area contributed by atoms with Crippen molar-refractivity contribution in [2.24, 2.45) is 0 Å². The van der Waals surface area contributed by atoms with Crippen molar-refractivity contribution in [1.82, 2.24) is 19.9 Å². The smallest absolute Gasteiger partial charge is 0.408 e. The highest BCUT2D eigenvalue weighted by Crippen LogP contribution is 2.24. The zero-order chi connectivity index (χ0) is 19.8. The fourth-order valence-electron chi connectivity index (χ4n) is 3.09. The average Bonchev–Trinajstić information content (AvgIpc) is 3.10. The lowest BCUT2D eigenvalue weighted by atomic mass is 10.1. The summed E-state index contributed by atoms with van der Waals surface area (Å²) in [6.07, 6.45) is 5.34. The SMILES string of the molecule is Cc1cnc(Nc2ccc3ccncc3c2)nc1Nc1ccc2oc(=O)[nH]c2c1. The summed E-state index contributed by atoms with van der Waals surface area (Å²) in [6, 6.07) is 13.3. The highest BCUT2D eigenvalue weighted by Gasteiger charge is 2.08. The number of aromatic amines is 1. The molecule has 0 atom stereocenters. The van der Waals surface area contributed by atoms with E-state index in [1.165, 1.54) is 0 Å². The number of fused-ring (bicyclic) bond motifs is 2. The van der Waals surface area contributed by atoms with Gasteiger partial charge in [0.2, 0.25) is 5.95 Å². The third-order valence-electron chi connectivity index (χ3n) is 4.55. The Bertz CT molecular complexity index is 1410. The molecule has 3 aromatic heterocycles. The van der Waals surface area contributed by atoms with Crippen molar-refractivity contribution in [1.29, 1.82) is 0 Å². The first-order valence-electron chi connectivity index (χ1n) is 8.98. The Morgan fingerprint density at radius 2 is 1.83 bits per heavy atom. The average molecular weight is 384 g/mol. The Morgan fingerprint density at radius 3 is 2.76 bits per heavy atom. The molecule has 0 amide bonds. The lowest BCUT2D eigenvalue weighted by Gasteiger charge is -2.11. The van der Waals surface area contributed by atoms with Gasteiger partial charge in [0.25, 0.3) is 0 Å². The Kier molecular flexibility index (Phi) is 3.94. The minimum absolute atomic E-state index is 0.471. The summed E-state index contributed by atoms with van der Waals surface area (Å²) in [4.78, 5) is 27.1. The Balaban J connectivity index is 1.43. The van der Waals surface area contributed by atoms with E-state index in [4.69, 9.17) is 4.42 Å². The predicted molar refractivity (Wildman–Crippen MR) is 112 cm³/mol. The molecule has 5 rings (SSSR count). The van der Waals surface area contributed by atoms with E-state index in [9.17, 15) is 4.79 Å². The second-order valence-electron chi connectivity index (χ2n) is 6.64. The van der Waals surface area contributed by atoms with Crippen molar-refractivity contribution >= 4 is 45.0 Å². The van der Waals surface area contributed by atoms with Crippen LogP contribution in [0.3, 0.4) is 0 Å². The molecule has 0 aliphatic rings. The van der Waals surface area contributed by atoms with Crippen molar-refractivity contribution < 1.29 is 4.42 Å². The van der Waals surface area contributed by atoms with Gasteiger partial charge in [0, 0.05) is 40.9 Å². The summed E-state index contributed by atoms with van der Waals surface area (Å²) >= 11 is 0. The number of hydrogen-bond donors (Lipinski definition) is 3. The van der Waals surface area contributed by atoms with Crippen molar-refractivity contribution in [3.05, 3.63) is 77.2 Å². The predicted octanol–water partition coefficient (Wildman–Crippen LogP) is 4.25. The molecule has 0 saturated carbocycles. The van der Waals surface area contributed by atoms with Gasteiger partial charge in [-0.05, 0) is 48.7 Å². The van der Waals surface area contributed by atoms with Crippen LogP contribution >= 0.6 is 0 Å². The molecular formula is C21H16N6O2. The molecule has 2 aromatic carbocycles. The number of oxazole rings is 1. The zero-order valence-electron chi connectivity index (χ0n) is 15.4. The summed E-state index contributed by atoms with van der Waals surface area (Å²) in [5.41, 5.74) is 3.67. The Hall–Kier alpha value is -4.20. The fourth-order valence-corrected chi connectivity index (χ4v) is 3.09. The molecule has 5 aromatic rings. The number of hydrogen-bond acceptors (Lipinski definition) is 7. The molecule has 0 saturated heterocycles. The second-order valence-corrected chi connectivity index (χ2v) is 6.64. The van der Waals surface area contributed by atoms with Crippen LogP contribution in [0.15, 0.2) is 70.3 Å². The van der Waals surface area contributed by atoms with Crippen LogP contribution in [-0.4, -0.2) is 19.9 Å². The van der Waals surface area contributed by atoms with Crippen molar-refractivity contribution in [3.63, 3.8) is 0 Å². The number of nitrogens with zero attached hydrogens (tertiary/aromatic N) is 3. The van der Waals surface area contributed by atoms with E-state index < -0.39 is 5.76 Å². The number of pyridine rings is 1. The number of nitrogens with one attached hydrogen (secondary N) is 3. The van der Waals surface area contributed by atoms with Crippen LogP contribution in [0.2, 0.25) is 0 Å². The maximum Gasteiger partial charge on any atom is 0.417 e. The van der Waals surface area contributed by atoms with Gasteiger partial charge in [0.05, 0.1) is 5.52 Å². The first-order valence-corrected chi connectivity index (χ1v) is 8.98. The minimum Gasteiger partial charge on any atom is -0.408 e. The molecule has 8 nitrogen and oxygen atoms in total. The number of H-pyrrole nitrogens is 1. The fraction of sp³-hybridized carbons (Fsp3) is 0.0476. The van der Waals surface area contributed by atoms with Crippen LogP contribution in [0.25, 0.3) is 21.9 Å². The minimum atomic E-state index is -0.479. The molecule has 0 aliphatic carbocycles. The topological polar surface area (TPSA) is 109 Å². The van der Waals surface area contributed by atoms with Crippen LogP contribution in [0.5, 0.6) is 0 Å². The second kappa shape index (κ2) is 6.75. The van der Waals surface area contributed by atoms with Crippen LogP contribution in [0.1, 0.15) is 5.56 Å². The number of rotatable bonds is 4. The van der Waals surface area contributed by atoms with Crippen molar-refractivity contribution in [2.75, 3.05) is 10.6 Å². The van der Waals surface area contributed by atoms with E-state index >= 15 is 0 Å². The van der Waals surface area contributed by atoms with E-state index in [2.05, 4.69) is 30.6 Å². The van der Waals surface area contributed by atoms with Gasteiger partial charge in [-0.3, -0.25) is 9.97 Å². The standard InChI is InChI=1S/C21H16N6O2/c1-12-10-23-20(25-15-3-2-13-6-7-22-11-14(13)8-15)27-19(12)24-16-4-5-18-17(9-16)26-21(28)29-18/h2-11H,1H3,(H,26,28)(H2,23,24,25,27). The largest absolute Gasteiger partial charge is 0.417 e. The molecule has 29 heavy (non-hydrogen) atoms. The normalized spacial score (nSPS) is 11.1. The maximum atomic E-state index is 11.3. The zero-order valence-corrected chi connectivity index (χ0v) is 15.4. The van der Waals surface area contributed by atoms with Gasteiger partial charge >= 0.3 is 5.76 Å². The Labute approximate surface area is 164 Å². The van der Waals surface area contributed by atoms with E-state index in [-0.39, 0.29) is 0 Å². The summed E-state index contributed by atoms with van der Waals surface area (Å²) in [5.74, 6) is 0.654. The van der Waals surface area contributed by atoms with E-state index in [0.717, 1.165) is 27.7 Å². The van der Waals surface area contributed by atoms with E-state index in [1.807, 2.05) is 43.5 Å². The number of aryl methyl sites for hydroxylation is 1. The number of aromatic nitrogens is 4. The summed E-state index contributed by atoms with van der Waals surface area (Å²) in [6.45, 7) is 1.92. The molecule has 3 heterocycles. The van der Waals surface area contributed by atoms with Crippen LogP contribution in [0.4, 0.5) is 23.1 Å². The number of anilines is 4. The molecule has 0 radical (unpaired) electrons. The van der Waals surface area contributed by atoms with Gasteiger partial charge in [-0.1, -0.05) is 6.07 Å². The lowest BCUT2D eigenvalue weighted by molar-refractivity contribution is 0.555. The van der Waals surface area contributed by atoms with Gasteiger partial charge in [0.15, 0.2) is 5.58 Å². The molecule has 0 fully saturated rings. The molecule has 0 aliphatic heterocycles. The summed E-state index contributed by atoms with van der Waals surface area (Å²) < 4.78 is 5.03. The van der Waals surface area contributed by atoms with E-state index in [1.54, 1.807) is 24.5 Å². The van der Waals surface area contributed by atoms with Crippen LogP contribution in [-0.2, 0) is 0 Å². The first kappa shape index (κ1) is 16.9. The quantitative estimate of drug-likeness (QED) is 0.425. The highest BCUT2D eigenvalue weighted by molar-refractivity contribution is 5.85. The van der Waals surface area contributed by atoms with Gasteiger partial charge in [-0.25, -0.2) is 9.78 Å². The molecule has 3 N–H and O–H groups in total. The van der Waals surface area contributed by atoms with Crippen molar-refractivity contribution in [3.8, 4) is 0 Å². The highest BCUT2D eigenvalue weighted by atomic mass is 16.4. The van der Waals surface area contributed by atoms with E-state index in [0.29, 0.717) is 22.9 Å². The van der Waals surface area contributed by atoms with Gasteiger partial charge in [-0.2, -0.15) is 4.98 Å². The van der Waals surface area contributed by atoms with Gasteiger partial charge in [0.1, 0.15) is 5.82 Å². The van der Waals surface area contributed by atoms with Gasteiger partial charge < -0.3 is 15.1 Å². The summed E-state index contributed by atoms with van der Waals surface area (Å²) in [5, 5.41) is 8.64. The monoisotopic (exact) mass is 384 g/mol. The maximum absolute atomic E-state index is 11.3. The Morgan fingerprint density at radius 1 is 0.966 bits per heavy atom. The third kappa shape index (κ3) is 3.39. The first-order chi connectivity index (χ1) is 14.1. The van der Waals surface area contributed by atoms with Crippen LogP contribution < -0.4 is 16.4 Å². The molecule has 0 spiro atoms. The lowest BCUT2D eigenvalue weighted by Crippen LogP contribution is -2.02. The molecular weight excluding hydrogens is 368 g/mol. The van der Waals surface area contributed by atoms with Crippen LogP contribution in [0, 0.1) is 6.92 Å². The molecule has 142 valence electrons. The van der Waals surface area contributed by atoms with Crippen molar-refractivity contribution in [2.45, 2.75) is 6.92 Å². The third-order valence-corrected chi connectivity index (χ3v) is 4.55.